The Labute approximate surface area is 151 Å². The Bertz CT molecular complexity index is 1020. The third-order valence-electron chi connectivity index (χ3n) is 3.99. The van der Waals surface area contributed by atoms with E-state index in [0.29, 0.717) is 11.6 Å². The Morgan fingerprint density at radius 3 is 2.40 bits per heavy atom. The number of rotatable bonds is 4. The van der Waals surface area contributed by atoms with E-state index in [0.717, 1.165) is 22.6 Å². The van der Waals surface area contributed by atoms with Gasteiger partial charge in [-0.25, -0.2) is 9.97 Å². The first-order valence-electron chi connectivity index (χ1n) is 8.08. The molecule has 0 radical (unpaired) electrons. The predicted molar refractivity (Wildman–Crippen MR) is 103 cm³/mol. The van der Waals surface area contributed by atoms with Crippen LogP contribution < -0.4 is 0 Å². The lowest BCUT2D eigenvalue weighted by Gasteiger charge is -2.06. The van der Waals surface area contributed by atoms with Crippen molar-refractivity contribution in [1.82, 2.24) is 14.5 Å². The number of nitrogens with zero attached hydrogens (tertiary/aromatic N) is 3. The summed E-state index contributed by atoms with van der Waals surface area (Å²) in [4.78, 5) is 9.20. The second-order valence-electron chi connectivity index (χ2n) is 5.78. The van der Waals surface area contributed by atoms with Crippen LogP contribution in [0.4, 0.5) is 0 Å². The molecule has 0 unspecified atom stereocenters. The van der Waals surface area contributed by atoms with Gasteiger partial charge in [-0.2, -0.15) is 0 Å². The first kappa shape index (κ1) is 15.6. The van der Waals surface area contributed by atoms with Gasteiger partial charge in [0.2, 0.25) is 0 Å². The van der Waals surface area contributed by atoms with Gasteiger partial charge in [0.05, 0.1) is 11.6 Å². The molecule has 0 amide bonds. The number of halogens is 1. The number of imidazole rings is 1. The molecule has 2 aromatic carbocycles. The molecule has 0 spiro atoms. The van der Waals surface area contributed by atoms with Crippen LogP contribution in [-0.4, -0.2) is 14.5 Å². The maximum atomic E-state index is 6.08. The molecule has 0 N–H and O–H groups in total. The Balaban J connectivity index is 1.79. The van der Waals surface area contributed by atoms with Gasteiger partial charge >= 0.3 is 0 Å². The molecule has 0 fully saturated rings. The van der Waals surface area contributed by atoms with Crippen LogP contribution in [0, 0.1) is 0 Å². The largest absolute Gasteiger partial charge is 0.305 e. The van der Waals surface area contributed by atoms with E-state index >= 15 is 0 Å². The van der Waals surface area contributed by atoms with Crippen LogP contribution in [0.2, 0.25) is 5.02 Å². The lowest BCUT2D eigenvalue weighted by atomic mass is 10.2. The minimum absolute atomic E-state index is 0.593. The predicted octanol–water partition coefficient (Wildman–Crippen LogP) is 5.30. The van der Waals surface area contributed by atoms with E-state index in [9.17, 15) is 0 Å². The Hall–Kier alpha value is -2.91. The molecule has 4 rings (SSSR count). The van der Waals surface area contributed by atoms with E-state index in [-0.39, 0.29) is 0 Å². The second kappa shape index (κ2) is 6.91. The van der Waals surface area contributed by atoms with Crippen LogP contribution >= 0.6 is 11.6 Å². The van der Waals surface area contributed by atoms with Crippen LogP contribution in [0.5, 0.6) is 0 Å². The lowest BCUT2D eigenvalue weighted by Crippen LogP contribution is -2.03. The van der Waals surface area contributed by atoms with E-state index in [1.807, 2.05) is 48.5 Å². The van der Waals surface area contributed by atoms with E-state index in [4.69, 9.17) is 16.6 Å². The highest BCUT2D eigenvalue weighted by Crippen LogP contribution is 2.21. The normalized spacial score (nSPS) is 11.4. The topological polar surface area (TPSA) is 30.7 Å². The summed E-state index contributed by atoms with van der Waals surface area (Å²) >= 11 is 6.08. The monoisotopic (exact) mass is 345 g/mol. The van der Waals surface area contributed by atoms with Gasteiger partial charge in [-0.15, -0.1) is 0 Å². The fourth-order valence-corrected chi connectivity index (χ4v) is 2.94. The second-order valence-corrected chi connectivity index (χ2v) is 6.22. The summed E-state index contributed by atoms with van der Waals surface area (Å²) in [5.41, 5.74) is 3.97. The highest BCUT2D eigenvalue weighted by Gasteiger charge is 2.11. The van der Waals surface area contributed by atoms with Gasteiger partial charge in [0.15, 0.2) is 5.65 Å². The summed E-state index contributed by atoms with van der Waals surface area (Å²) in [6, 6.07) is 22.3. The van der Waals surface area contributed by atoms with Crippen LogP contribution in [0.25, 0.3) is 23.3 Å². The Kier molecular flexibility index (Phi) is 4.32. The van der Waals surface area contributed by atoms with Crippen LogP contribution in [0.15, 0.2) is 72.9 Å². The summed E-state index contributed by atoms with van der Waals surface area (Å²) in [6.07, 6.45) is 5.75. The number of pyridine rings is 1. The molecule has 0 bridgehead atoms. The Morgan fingerprint density at radius 2 is 1.64 bits per heavy atom. The molecule has 0 atom stereocenters. The number of benzene rings is 2. The van der Waals surface area contributed by atoms with Crippen LogP contribution in [0.1, 0.15) is 17.0 Å². The molecule has 2 aromatic heterocycles. The van der Waals surface area contributed by atoms with E-state index < -0.39 is 0 Å². The van der Waals surface area contributed by atoms with Crippen molar-refractivity contribution in [2.24, 2.45) is 0 Å². The first-order chi connectivity index (χ1) is 12.3. The molecular formula is C21H16ClN3. The SMILES string of the molecule is Clc1cnc2c(c1)nc(/C=C/c1ccccc1)n2Cc1ccccc1. The Morgan fingerprint density at radius 1 is 0.920 bits per heavy atom. The molecule has 3 nitrogen and oxygen atoms in total. The van der Waals surface area contributed by atoms with Crippen molar-refractivity contribution in [1.29, 1.82) is 0 Å². The fourth-order valence-electron chi connectivity index (χ4n) is 2.79. The molecule has 0 aliphatic carbocycles. The van der Waals surface area contributed by atoms with Crippen LogP contribution in [-0.2, 0) is 6.54 Å². The van der Waals surface area contributed by atoms with Crippen molar-refractivity contribution < 1.29 is 0 Å². The summed E-state index contributed by atoms with van der Waals surface area (Å²) in [7, 11) is 0. The highest BCUT2D eigenvalue weighted by molar-refractivity contribution is 6.31. The van der Waals surface area contributed by atoms with E-state index in [1.165, 1.54) is 5.56 Å². The van der Waals surface area contributed by atoms with Gasteiger partial charge in [0.1, 0.15) is 11.3 Å². The third kappa shape index (κ3) is 3.47. The summed E-state index contributed by atoms with van der Waals surface area (Å²) in [5, 5.41) is 0.593. The van der Waals surface area contributed by atoms with Crippen molar-refractivity contribution >= 4 is 34.9 Å². The lowest BCUT2D eigenvalue weighted by molar-refractivity contribution is 0.804. The molecule has 4 aromatic rings. The van der Waals surface area contributed by atoms with Crippen molar-refractivity contribution in [2.75, 3.05) is 0 Å². The molecule has 4 heteroatoms. The summed E-state index contributed by atoms with van der Waals surface area (Å²) in [5.74, 6) is 0.859. The maximum absolute atomic E-state index is 6.08. The van der Waals surface area contributed by atoms with E-state index in [1.54, 1.807) is 6.20 Å². The van der Waals surface area contributed by atoms with Gasteiger partial charge in [-0.1, -0.05) is 78.3 Å². The van der Waals surface area contributed by atoms with Crippen LogP contribution in [0.3, 0.4) is 0 Å². The van der Waals surface area contributed by atoms with Crippen molar-refractivity contribution in [3.63, 3.8) is 0 Å². The molecule has 0 aliphatic rings. The molecule has 25 heavy (non-hydrogen) atoms. The molecule has 122 valence electrons. The minimum Gasteiger partial charge on any atom is -0.305 e. The quantitative estimate of drug-likeness (QED) is 0.502. The fraction of sp³-hybridized carbons (Fsp3) is 0.0476. The van der Waals surface area contributed by atoms with Crippen molar-refractivity contribution in [3.05, 3.63) is 94.9 Å². The van der Waals surface area contributed by atoms with Crippen molar-refractivity contribution in [2.45, 2.75) is 6.54 Å². The average Bonchev–Trinajstić information content (AvgIpc) is 2.98. The molecule has 0 saturated heterocycles. The number of fused-ring (bicyclic) bond motifs is 1. The third-order valence-corrected chi connectivity index (χ3v) is 4.20. The highest BCUT2D eigenvalue weighted by atomic mass is 35.5. The van der Waals surface area contributed by atoms with Gasteiger partial charge in [0.25, 0.3) is 0 Å². The molecule has 0 aliphatic heterocycles. The van der Waals surface area contributed by atoms with Gasteiger partial charge < -0.3 is 4.57 Å². The molecule has 2 heterocycles. The van der Waals surface area contributed by atoms with Gasteiger partial charge in [-0.05, 0) is 23.3 Å². The maximum Gasteiger partial charge on any atom is 0.160 e. The zero-order chi connectivity index (χ0) is 17.1. The standard InChI is InChI=1S/C21H16ClN3/c22-18-13-19-21(23-14-18)25(15-17-9-5-2-6-10-17)20(24-19)12-11-16-7-3-1-4-8-16/h1-14H,15H2/b12-11+. The van der Waals surface area contributed by atoms with Gasteiger partial charge in [0, 0.05) is 6.20 Å². The smallest absolute Gasteiger partial charge is 0.160 e. The number of hydrogen-bond acceptors (Lipinski definition) is 2. The summed E-state index contributed by atoms with van der Waals surface area (Å²) in [6.45, 7) is 0.709. The number of aromatic nitrogens is 3. The van der Waals surface area contributed by atoms with E-state index in [2.05, 4.69) is 39.9 Å². The zero-order valence-electron chi connectivity index (χ0n) is 13.5. The van der Waals surface area contributed by atoms with Crippen molar-refractivity contribution in [3.8, 4) is 0 Å². The molecule has 0 saturated carbocycles. The summed E-state index contributed by atoms with van der Waals surface area (Å²) < 4.78 is 2.11. The minimum atomic E-state index is 0.593. The first-order valence-corrected chi connectivity index (χ1v) is 8.46. The average molecular weight is 346 g/mol. The zero-order valence-corrected chi connectivity index (χ0v) is 14.3. The van der Waals surface area contributed by atoms with Gasteiger partial charge in [-0.3, -0.25) is 0 Å². The number of hydrogen-bond donors (Lipinski definition) is 0. The molecular weight excluding hydrogens is 330 g/mol.